The molecule has 5 heteroatoms. The Kier molecular flexibility index (Phi) is 16.9. The van der Waals surface area contributed by atoms with Crippen LogP contribution in [0.15, 0.2) is 370 Å². The second kappa shape index (κ2) is 27.6. The first kappa shape index (κ1) is 68.0. The summed E-state index contributed by atoms with van der Waals surface area (Å²) in [6, 6.07) is 126. The molecule has 0 radical (unpaired) electrons. The number of rotatable bonds is 9. The van der Waals surface area contributed by atoms with E-state index in [2.05, 4.69) is 385 Å². The summed E-state index contributed by atoms with van der Waals surface area (Å²) in [5.74, 6) is 0. The molecule has 111 heavy (non-hydrogen) atoms. The van der Waals surface area contributed by atoms with Crippen molar-refractivity contribution in [2.45, 2.75) is 57.8 Å². The molecule has 0 atom stereocenters. The van der Waals surface area contributed by atoms with Crippen LogP contribution in [0.3, 0.4) is 0 Å². The van der Waals surface area contributed by atoms with Gasteiger partial charge in [-0.1, -0.05) is 339 Å². The van der Waals surface area contributed by atoms with Crippen LogP contribution in [0.4, 0.5) is 0 Å². The van der Waals surface area contributed by atoms with Gasteiger partial charge in [-0.3, -0.25) is 9.97 Å². The van der Waals surface area contributed by atoms with Gasteiger partial charge in [-0.15, -0.1) is 0 Å². The molecule has 3 aliphatic rings. The van der Waals surface area contributed by atoms with Gasteiger partial charge in [0, 0.05) is 78.8 Å². The summed E-state index contributed by atoms with van der Waals surface area (Å²) in [6.45, 7) is 14.0. The maximum absolute atomic E-state index is 5.18. The Morgan fingerprint density at radius 2 is 0.514 bits per heavy atom. The van der Waals surface area contributed by atoms with Crippen LogP contribution < -0.4 is 0 Å². The average Bonchev–Trinajstić information content (AvgIpc) is 1.57. The van der Waals surface area contributed by atoms with Gasteiger partial charge in [-0.2, -0.15) is 0 Å². The summed E-state index contributed by atoms with van der Waals surface area (Å²) >= 11 is 0. The smallest absolute Gasteiger partial charge is 0.0759 e. The van der Waals surface area contributed by atoms with Crippen LogP contribution in [0.1, 0.15) is 74.9 Å². The first-order valence-electron chi connectivity index (χ1n) is 38.4. The lowest BCUT2D eigenvalue weighted by molar-refractivity contribution is 0.661. The Morgan fingerprint density at radius 1 is 0.216 bits per heavy atom. The molecule has 0 saturated carbocycles. The zero-order valence-electron chi connectivity index (χ0n) is 63.0. The molecular formula is C106H79N5. The minimum atomic E-state index is -0.131. The van der Waals surface area contributed by atoms with Gasteiger partial charge in [0.1, 0.15) is 0 Å². The minimum Gasteiger partial charge on any atom is -0.264 e. The Bertz CT molecular complexity index is 5980. The number of fused-ring (bicyclic) bond motifs is 12. The standard InChI is InChI=1S/C36H27N.2C35H26N2/c1-36(2)31-17-8-6-15-29(31)35-34(36)33(30-16-7-9-18-32(30)37-35)26-21-19-25(20-22-26)28-14-10-13-27(23-28)24-11-4-3-5-12-24;1-35(2)30-14-5-3-12-28(30)34-33(35)32(29-13-4-6-15-31(29)37-34)24-18-16-23(17-19-24)25-9-7-10-26(21-25)27-11-8-20-36-22-27;1-35(2)29-14-5-3-12-27(29)34-33(35)32(28-13-4-6-16-31(28)37-34)24-19-17-23(18-20-24)25-10-9-11-26(22-25)30-15-7-8-21-36-30/h3-23H,1-2H3;2*3-22H,1-2H3. The predicted molar refractivity (Wildman–Crippen MR) is 462 cm³/mol. The van der Waals surface area contributed by atoms with Crippen LogP contribution in [-0.4, -0.2) is 24.9 Å². The highest BCUT2D eigenvalue weighted by atomic mass is 14.8. The lowest BCUT2D eigenvalue weighted by Gasteiger charge is -2.25. The Morgan fingerprint density at radius 3 is 0.883 bits per heavy atom. The number of hydrogen-bond acceptors (Lipinski definition) is 5. The quantitative estimate of drug-likeness (QED) is 0.144. The molecule has 5 aromatic heterocycles. The van der Waals surface area contributed by atoms with Crippen LogP contribution in [0, 0.1) is 0 Å². The molecule has 0 unspecified atom stereocenters. The number of hydrogen-bond donors (Lipinski definition) is 0. The van der Waals surface area contributed by atoms with E-state index in [4.69, 9.17) is 15.0 Å². The lowest BCUT2D eigenvalue weighted by Crippen LogP contribution is -2.16. The lowest BCUT2D eigenvalue weighted by atomic mass is 9.78. The van der Waals surface area contributed by atoms with Crippen molar-refractivity contribution in [2.24, 2.45) is 0 Å². The van der Waals surface area contributed by atoms with Crippen LogP contribution in [-0.2, 0) is 16.2 Å². The molecule has 0 fully saturated rings. The van der Waals surface area contributed by atoms with Crippen molar-refractivity contribution < 1.29 is 0 Å². The molecule has 0 N–H and O–H groups in total. The van der Waals surface area contributed by atoms with Gasteiger partial charge < -0.3 is 0 Å². The summed E-state index contributed by atoms with van der Waals surface area (Å²) in [7, 11) is 0. The molecule has 528 valence electrons. The summed E-state index contributed by atoms with van der Waals surface area (Å²) in [4.78, 5) is 24.3. The van der Waals surface area contributed by atoms with Crippen molar-refractivity contribution >= 4 is 32.7 Å². The van der Waals surface area contributed by atoms with E-state index >= 15 is 0 Å². The van der Waals surface area contributed by atoms with E-state index in [1.807, 2.05) is 36.8 Å². The van der Waals surface area contributed by atoms with Gasteiger partial charge in [0.15, 0.2) is 0 Å². The van der Waals surface area contributed by atoms with E-state index in [0.29, 0.717) is 0 Å². The third-order valence-electron chi connectivity index (χ3n) is 23.3. The molecule has 13 aromatic carbocycles. The van der Waals surface area contributed by atoms with Crippen molar-refractivity contribution in [1.29, 1.82) is 0 Å². The summed E-state index contributed by atoms with van der Waals surface area (Å²) < 4.78 is 0. The van der Waals surface area contributed by atoms with Crippen LogP contribution in [0.5, 0.6) is 0 Å². The molecular weight excluding hydrogens is 1340 g/mol. The highest BCUT2D eigenvalue weighted by Crippen LogP contribution is 2.57. The second-order valence-electron chi connectivity index (χ2n) is 31.0. The van der Waals surface area contributed by atoms with Gasteiger partial charge in [-0.25, -0.2) is 15.0 Å². The SMILES string of the molecule is CC1(C)c2ccccc2-c2nc3ccccc3c(-c3ccc(-c4cccc(-c5ccccc5)c4)cc3)c21.CC1(C)c2ccccc2-c2nc3ccccc3c(-c3ccc(-c4cccc(-c5ccccn5)c4)cc3)c21.CC1(C)c2ccccc2-c2nc3ccccc3c(-c3ccc(-c4cccc(-c5cccnc5)c4)cc3)c21. The zero-order chi connectivity index (χ0) is 75.0. The summed E-state index contributed by atoms with van der Waals surface area (Å²) in [5.41, 5.74) is 39.5. The molecule has 0 saturated heterocycles. The van der Waals surface area contributed by atoms with Gasteiger partial charge in [0.05, 0.1) is 39.3 Å². The highest BCUT2D eigenvalue weighted by molar-refractivity contribution is 6.06. The van der Waals surface area contributed by atoms with E-state index in [-0.39, 0.29) is 16.2 Å². The molecule has 5 heterocycles. The van der Waals surface area contributed by atoms with Crippen LogP contribution >= 0.6 is 0 Å². The maximum Gasteiger partial charge on any atom is 0.0759 e. The Balaban J connectivity index is 0.000000112. The van der Waals surface area contributed by atoms with Gasteiger partial charge in [-0.05, 0) is 171 Å². The number of pyridine rings is 5. The van der Waals surface area contributed by atoms with E-state index in [0.717, 1.165) is 50.5 Å². The van der Waals surface area contributed by atoms with Crippen molar-refractivity contribution in [3.8, 4) is 134 Å². The maximum atomic E-state index is 5.18. The highest BCUT2D eigenvalue weighted by Gasteiger charge is 2.42. The Hall–Kier alpha value is -13.6. The minimum absolute atomic E-state index is 0.124. The first-order valence-corrected chi connectivity index (χ1v) is 38.4. The first-order chi connectivity index (χ1) is 54.3. The fourth-order valence-electron chi connectivity index (χ4n) is 17.9. The zero-order valence-corrected chi connectivity index (χ0v) is 63.0. The average molecular weight is 1420 g/mol. The monoisotopic (exact) mass is 1420 g/mol. The number of aromatic nitrogens is 5. The molecule has 0 amide bonds. The second-order valence-corrected chi connectivity index (χ2v) is 31.0. The third kappa shape index (κ3) is 11.9. The molecule has 5 nitrogen and oxygen atoms in total. The van der Waals surface area contributed by atoms with Gasteiger partial charge >= 0.3 is 0 Å². The van der Waals surface area contributed by atoms with E-state index in [1.54, 1.807) is 0 Å². The van der Waals surface area contributed by atoms with Gasteiger partial charge in [0.2, 0.25) is 0 Å². The van der Waals surface area contributed by atoms with Crippen LogP contribution in [0.25, 0.3) is 167 Å². The van der Waals surface area contributed by atoms with E-state index in [1.165, 1.54) is 150 Å². The van der Waals surface area contributed by atoms with Crippen molar-refractivity contribution in [3.63, 3.8) is 0 Å². The fourth-order valence-corrected chi connectivity index (χ4v) is 17.9. The molecule has 0 bridgehead atoms. The summed E-state index contributed by atoms with van der Waals surface area (Å²) in [6.07, 6.45) is 5.57. The van der Waals surface area contributed by atoms with E-state index < -0.39 is 0 Å². The number of nitrogens with zero attached hydrogens (tertiary/aromatic N) is 5. The van der Waals surface area contributed by atoms with Gasteiger partial charge in [0.25, 0.3) is 0 Å². The molecule has 3 aliphatic carbocycles. The number of benzene rings is 13. The number of para-hydroxylation sites is 3. The fraction of sp³-hybridized carbons (Fsp3) is 0.0849. The summed E-state index contributed by atoms with van der Waals surface area (Å²) in [5, 5.41) is 3.61. The van der Waals surface area contributed by atoms with Crippen LogP contribution in [0.2, 0.25) is 0 Å². The third-order valence-corrected chi connectivity index (χ3v) is 23.3. The largest absolute Gasteiger partial charge is 0.264 e. The predicted octanol–water partition coefficient (Wildman–Crippen LogP) is 27.4. The molecule has 0 spiro atoms. The van der Waals surface area contributed by atoms with Crippen molar-refractivity contribution in [3.05, 3.63) is 404 Å². The Labute approximate surface area is 649 Å². The van der Waals surface area contributed by atoms with Crippen molar-refractivity contribution in [2.75, 3.05) is 0 Å². The molecule has 18 aromatic rings. The molecule has 0 aliphatic heterocycles. The molecule has 21 rings (SSSR count). The van der Waals surface area contributed by atoms with E-state index in [9.17, 15) is 0 Å². The van der Waals surface area contributed by atoms with Crippen molar-refractivity contribution in [1.82, 2.24) is 24.9 Å². The topological polar surface area (TPSA) is 64.5 Å². The normalized spacial score (nSPS) is 13.4.